The first-order chi connectivity index (χ1) is 8.41. The van der Waals surface area contributed by atoms with Crippen LogP contribution in [0.1, 0.15) is 25.8 Å². The molecule has 2 aromatic rings. The van der Waals surface area contributed by atoms with Crippen LogP contribution >= 0.6 is 23.7 Å². The average molecular weight is 301 g/mol. The van der Waals surface area contributed by atoms with Crippen LogP contribution in [0.5, 0.6) is 0 Å². The number of hydrogen-bond donors (Lipinski definition) is 1. The zero-order valence-electron chi connectivity index (χ0n) is 11.5. The van der Waals surface area contributed by atoms with Gasteiger partial charge in [0.25, 0.3) is 0 Å². The van der Waals surface area contributed by atoms with Crippen LogP contribution in [0, 0.1) is 5.82 Å². The summed E-state index contributed by atoms with van der Waals surface area (Å²) in [5.41, 5.74) is 1.64. The molecule has 0 atom stereocenters. The standard InChI is InChI=1S/C14H17FN2S.ClH/c1-14(2,3)13-17-11(12(16-4)18-13)9-6-5-7-10(15)8-9;/h5-8,16H,1-4H3;1H. The lowest BCUT2D eigenvalue weighted by Crippen LogP contribution is -2.10. The van der Waals surface area contributed by atoms with Gasteiger partial charge in [0.1, 0.15) is 21.5 Å². The van der Waals surface area contributed by atoms with Crippen molar-refractivity contribution >= 4 is 28.7 Å². The summed E-state index contributed by atoms with van der Waals surface area (Å²) in [6.07, 6.45) is 0. The van der Waals surface area contributed by atoms with Crippen molar-refractivity contribution in [3.05, 3.63) is 35.1 Å². The molecule has 2 rings (SSSR count). The van der Waals surface area contributed by atoms with Gasteiger partial charge in [0, 0.05) is 18.0 Å². The van der Waals surface area contributed by atoms with Crippen molar-refractivity contribution in [2.75, 3.05) is 12.4 Å². The van der Waals surface area contributed by atoms with E-state index in [1.54, 1.807) is 17.4 Å². The van der Waals surface area contributed by atoms with Crippen molar-refractivity contribution in [2.45, 2.75) is 26.2 Å². The van der Waals surface area contributed by atoms with Crippen LogP contribution in [-0.2, 0) is 5.41 Å². The minimum absolute atomic E-state index is 0. The molecule has 0 aliphatic heterocycles. The predicted octanol–water partition coefficient (Wildman–Crippen LogP) is 4.71. The van der Waals surface area contributed by atoms with E-state index in [2.05, 4.69) is 31.1 Å². The second-order valence-corrected chi connectivity index (χ2v) is 6.21. The molecule has 5 heteroatoms. The first kappa shape index (κ1) is 15.9. The molecule has 0 spiro atoms. The molecule has 1 aromatic carbocycles. The molecule has 0 aliphatic carbocycles. The van der Waals surface area contributed by atoms with E-state index in [4.69, 9.17) is 0 Å². The third kappa shape index (κ3) is 3.45. The summed E-state index contributed by atoms with van der Waals surface area (Å²) in [6, 6.07) is 6.55. The van der Waals surface area contributed by atoms with Gasteiger partial charge in [-0.3, -0.25) is 0 Å². The van der Waals surface area contributed by atoms with Crippen molar-refractivity contribution in [3.8, 4) is 11.3 Å². The van der Waals surface area contributed by atoms with Gasteiger partial charge < -0.3 is 5.32 Å². The molecule has 0 unspecified atom stereocenters. The smallest absolute Gasteiger partial charge is 0.123 e. The zero-order chi connectivity index (χ0) is 13.3. The Kier molecular flexibility index (Phi) is 4.93. The number of anilines is 1. The van der Waals surface area contributed by atoms with E-state index in [9.17, 15) is 4.39 Å². The molecule has 0 aliphatic rings. The monoisotopic (exact) mass is 300 g/mol. The SMILES string of the molecule is CNc1sc(C(C)(C)C)nc1-c1cccc(F)c1.Cl. The Bertz CT molecular complexity index is 561. The lowest BCUT2D eigenvalue weighted by molar-refractivity contribution is 0.586. The molecule has 0 bridgehead atoms. The maximum absolute atomic E-state index is 13.3. The van der Waals surface area contributed by atoms with Crippen LogP contribution < -0.4 is 5.32 Å². The Morgan fingerprint density at radius 1 is 1.26 bits per heavy atom. The van der Waals surface area contributed by atoms with Gasteiger partial charge in [-0.15, -0.1) is 23.7 Å². The van der Waals surface area contributed by atoms with E-state index in [1.807, 2.05) is 13.1 Å². The Hall–Kier alpha value is -1.13. The van der Waals surface area contributed by atoms with Crippen molar-refractivity contribution in [2.24, 2.45) is 0 Å². The average Bonchev–Trinajstić information content (AvgIpc) is 2.72. The van der Waals surface area contributed by atoms with E-state index in [1.165, 1.54) is 12.1 Å². The van der Waals surface area contributed by atoms with Crippen molar-refractivity contribution in [3.63, 3.8) is 0 Å². The fourth-order valence-corrected chi connectivity index (χ4v) is 2.64. The number of thiazole rings is 1. The number of aromatic nitrogens is 1. The Labute approximate surface area is 123 Å². The highest BCUT2D eigenvalue weighted by Gasteiger charge is 2.21. The fourth-order valence-electron chi connectivity index (χ4n) is 1.64. The molecule has 19 heavy (non-hydrogen) atoms. The number of hydrogen-bond acceptors (Lipinski definition) is 3. The summed E-state index contributed by atoms with van der Waals surface area (Å²) in [4.78, 5) is 4.65. The van der Waals surface area contributed by atoms with Gasteiger partial charge in [-0.25, -0.2) is 9.37 Å². The van der Waals surface area contributed by atoms with Gasteiger partial charge in [0.15, 0.2) is 0 Å². The second-order valence-electron chi connectivity index (χ2n) is 5.21. The summed E-state index contributed by atoms with van der Waals surface area (Å²) < 4.78 is 13.3. The Morgan fingerprint density at radius 2 is 1.95 bits per heavy atom. The molecular formula is C14H18ClFN2S. The first-order valence-electron chi connectivity index (χ1n) is 5.87. The molecule has 1 heterocycles. The van der Waals surface area contributed by atoms with Crippen molar-refractivity contribution in [1.82, 2.24) is 4.98 Å². The van der Waals surface area contributed by atoms with Crippen LogP contribution in [0.2, 0.25) is 0 Å². The number of halogens is 2. The normalized spacial score (nSPS) is 11.0. The number of rotatable bonds is 2. The van der Waals surface area contributed by atoms with E-state index in [-0.39, 0.29) is 23.6 Å². The predicted molar refractivity (Wildman–Crippen MR) is 83.0 cm³/mol. The van der Waals surface area contributed by atoms with Crippen LogP contribution in [0.25, 0.3) is 11.3 Å². The molecule has 1 N–H and O–H groups in total. The van der Waals surface area contributed by atoms with E-state index >= 15 is 0 Å². The fraction of sp³-hybridized carbons (Fsp3) is 0.357. The Balaban J connectivity index is 0.00000180. The first-order valence-corrected chi connectivity index (χ1v) is 6.68. The largest absolute Gasteiger partial charge is 0.378 e. The molecular weight excluding hydrogens is 283 g/mol. The zero-order valence-corrected chi connectivity index (χ0v) is 13.1. The molecule has 0 saturated carbocycles. The van der Waals surface area contributed by atoms with Crippen molar-refractivity contribution < 1.29 is 4.39 Å². The summed E-state index contributed by atoms with van der Waals surface area (Å²) in [6.45, 7) is 6.38. The Morgan fingerprint density at radius 3 is 2.47 bits per heavy atom. The minimum atomic E-state index is -0.236. The van der Waals surface area contributed by atoms with E-state index in [0.29, 0.717) is 0 Å². The van der Waals surface area contributed by atoms with Gasteiger partial charge >= 0.3 is 0 Å². The van der Waals surface area contributed by atoms with Crippen LogP contribution in [-0.4, -0.2) is 12.0 Å². The number of benzene rings is 1. The van der Waals surface area contributed by atoms with Crippen LogP contribution in [0.3, 0.4) is 0 Å². The molecule has 104 valence electrons. The molecule has 0 fully saturated rings. The van der Waals surface area contributed by atoms with Crippen LogP contribution in [0.4, 0.5) is 9.39 Å². The van der Waals surface area contributed by atoms with E-state index < -0.39 is 0 Å². The van der Waals surface area contributed by atoms with E-state index in [0.717, 1.165) is 21.3 Å². The van der Waals surface area contributed by atoms with Gasteiger partial charge in [0.2, 0.25) is 0 Å². The second kappa shape index (κ2) is 5.88. The van der Waals surface area contributed by atoms with Gasteiger partial charge in [0.05, 0.1) is 0 Å². The third-order valence-corrected chi connectivity index (χ3v) is 4.09. The summed E-state index contributed by atoms with van der Waals surface area (Å²) >= 11 is 1.62. The molecule has 2 nitrogen and oxygen atoms in total. The number of nitrogens with one attached hydrogen (secondary N) is 1. The quantitative estimate of drug-likeness (QED) is 0.869. The van der Waals surface area contributed by atoms with Crippen molar-refractivity contribution in [1.29, 1.82) is 0 Å². The maximum atomic E-state index is 13.3. The summed E-state index contributed by atoms with van der Waals surface area (Å²) in [5.74, 6) is -0.236. The minimum Gasteiger partial charge on any atom is -0.378 e. The molecule has 0 amide bonds. The highest BCUT2D eigenvalue weighted by Crippen LogP contribution is 2.37. The van der Waals surface area contributed by atoms with Gasteiger partial charge in [-0.05, 0) is 12.1 Å². The van der Waals surface area contributed by atoms with Crippen LogP contribution in [0.15, 0.2) is 24.3 Å². The lowest BCUT2D eigenvalue weighted by atomic mass is 9.98. The third-order valence-electron chi connectivity index (χ3n) is 2.59. The van der Waals surface area contributed by atoms with Gasteiger partial charge in [-0.1, -0.05) is 32.9 Å². The summed E-state index contributed by atoms with van der Waals surface area (Å²) in [7, 11) is 1.86. The maximum Gasteiger partial charge on any atom is 0.123 e. The molecule has 0 saturated heterocycles. The highest BCUT2D eigenvalue weighted by atomic mass is 35.5. The molecule has 0 radical (unpaired) electrons. The molecule has 1 aromatic heterocycles. The summed E-state index contributed by atoms with van der Waals surface area (Å²) in [5, 5.41) is 5.16. The lowest BCUT2D eigenvalue weighted by Gasteiger charge is -2.13. The van der Waals surface area contributed by atoms with Gasteiger partial charge in [-0.2, -0.15) is 0 Å². The topological polar surface area (TPSA) is 24.9 Å². The highest BCUT2D eigenvalue weighted by molar-refractivity contribution is 7.16. The number of nitrogens with zero attached hydrogens (tertiary/aromatic N) is 1.